The second-order valence-electron chi connectivity index (χ2n) is 7.05. The van der Waals surface area contributed by atoms with Crippen molar-refractivity contribution in [2.75, 3.05) is 51.2 Å². The number of amides is 1. The Bertz CT molecular complexity index is 746. The normalized spacial score (nSPS) is 19.5. The highest BCUT2D eigenvalue weighted by atomic mass is 35.5. The molecule has 0 saturated carbocycles. The van der Waals surface area contributed by atoms with E-state index in [1.165, 1.54) is 4.90 Å². The lowest BCUT2D eigenvalue weighted by Crippen LogP contribution is -3.28. The van der Waals surface area contributed by atoms with Crippen molar-refractivity contribution < 1.29 is 19.3 Å². The van der Waals surface area contributed by atoms with Crippen LogP contribution in [-0.4, -0.2) is 51.8 Å². The fourth-order valence-corrected chi connectivity index (χ4v) is 3.55. The second-order valence-corrected chi connectivity index (χ2v) is 7.46. The molecule has 27 heavy (non-hydrogen) atoms. The molecular weight excluding hydrogens is 362 g/mol. The molecule has 1 saturated heterocycles. The fraction of sp³-hybridized carbons (Fsp3) is 0.381. The highest BCUT2D eigenvalue weighted by Crippen LogP contribution is 2.22. The molecule has 1 fully saturated rings. The van der Waals surface area contributed by atoms with Gasteiger partial charge in [0.25, 0.3) is 5.91 Å². The Balaban J connectivity index is 1.36. The van der Waals surface area contributed by atoms with Crippen molar-refractivity contribution in [3.63, 3.8) is 0 Å². The molecule has 1 aliphatic heterocycles. The Morgan fingerprint density at radius 3 is 2.48 bits per heavy atom. The van der Waals surface area contributed by atoms with Crippen molar-refractivity contribution in [1.82, 2.24) is 0 Å². The first-order chi connectivity index (χ1) is 13.1. The largest absolute Gasteiger partial charge is 0.488 e. The van der Waals surface area contributed by atoms with Crippen LogP contribution in [0.15, 0.2) is 48.5 Å². The molecule has 1 aliphatic rings. The summed E-state index contributed by atoms with van der Waals surface area (Å²) in [6.45, 7) is 8.28. The lowest BCUT2D eigenvalue weighted by atomic mass is 10.2. The van der Waals surface area contributed by atoms with Crippen LogP contribution < -0.4 is 19.9 Å². The molecule has 0 aliphatic carbocycles. The van der Waals surface area contributed by atoms with Gasteiger partial charge >= 0.3 is 0 Å². The number of rotatable bonds is 7. The highest BCUT2D eigenvalue weighted by molar-refractivity contribution is 6.31. The number of quaternary nitrogens is 2. The standard InChI is InChI=1S/C21H26ClN3O2/c1-17-19(22)8-5-9-20(17)23-21(26)16-25-12-10-24(11-13-25)14-15-27-18-6-3-2-4-7-18/h2-9H,10-16H2,1H3,(H,23,26)/p+2. The van der Waals surface area contributed by atoms with Crippen molar-refractivity contribution >= 4 is 23.2 Å². The van der Waals surface area contributed by atoms with Crippen molar-refractivity contribution in [2.45, 2.75) is 6.92 Å². The number of halogens is 1. The van der Waals surface area contributed by atoms with Crippen LogP contribution in [0, 0.1) is 6.92 Å². The van der Waals surface area contributed by atoms with Gasteiger partial charge in [0.1, 0.15) is 45.1 Å². The quantitative estimate of drug-likeness (QED) is 0.644. The molecule has 6 heteroatoms. The minimum Gasteiger partial charge on any atom is -0.488 e. The maximum absolute atomic E-state index is 12.4. The van der Waals surface area contributed by atoms with E-state index in [-0.39, 0.29) is 5.91 Å². The van der Waals surface area contributed by atoms with Crippen LogP contribution >= 0.6 is 11.6 Å². The summed E-state index contributed by atoms with van der Waals surface area (Å²) in [5, 5.41) is 3.67. The van der Waals surface area contributed by atoms with Crippen LogP contribution in [-0.2, 0) is 4.79 Å². The van der Waals surface area contributed by atoms with Gasteiger partial charge in [0.15, 0.2) is 6.54 Å². The zero-order valence-electron chi connectivity index (χ0n) is 15.8. The summed E-state index contributed by atoms with van der Waals surface area (Å²) in [6.07, 6.45) is 0. The van der Waals surface area contributed by atoms with E-state index in [0.29, 0.717) is 11.6 Å². The van der Waals surface area contributed by atoms with Crippen LogP contribution in [0.2, 0.25) is 5.02 Å². The second kappa shape index (κ2) is 9.74. The van der Waals surface area contributed by atoms with E-state index in [1.807, 2.05) is 55.5 Å². The molecule has 5 nitrogen and oxygen atoms in total. The average Bonchev–Trinajstić information content (AvgIpc) is 2.68. The van der Waals surface area contributed by atoms with E-state index < -0.39 is 0 Å². The van der Waals surface area contributed by atoms with Crippen molar-refractivity contribution in [3.8, 4) is 5.75 Å². The average molecular weight is 390 g/mol. The van der Waals surface area contributed by atoms with Gasteiger partial charge in [0, 0.05) is 10.7 Å². The van der Waals surface area contributed by atoms with Crippen molar-refractivity contribution in [2.24, 2.45) is 0 Å². The number of hydrogen-bond acceptors (Lipinski definition) is 2. The summed E-state index contributed by atoms with van der Waals surface area (Å²) in [5.41, 5.74) is 1.71. The van der Waals surface area contributed by atoms with Gasteiger partial charge in [-0.2, -0.15) is 0 Å². The third-order valence-electron chi connectivity index (χ3n) is 5.08. The van der Waals surface area contributed by atoms with E-state index in [1.54, 1.807) is 4.90 Å². The number of piperazine rings is 1. The first-order valence-corrected chi connectivity index (χ1v) is 9.89. The Labute approximate surface area is 165 Å². The van der Waals surface area contributed by atoms with E-state index in [9.17, 15) is 4.79 Å². The number of para-hydroxylation sites is 1. The number of benzene rings is 2. The summed E-state index contributed by atoms with van der Waals surface area (Å²) in [5.74, 6) is 0.973. The number of ether oxygens (including phenoxy) is 1. The van der Waals surface area contributed by atoms with Gasteiger partial charge in [0.05, 0.1) is 0 Å². The predicted octanol–water partition coefficient (Wildman–Crippen LogP) is 0.449. The lowest BCUT2D eigenvalue weighted by molar-refractivity contribution is -1.01. The molecule has 3 rings (SSSR count). The van der Waals surface area contributed by atoms with Gasteiger partial charge in [-0.15, -0.1) is 0 Å². The van der Waals surface area contributed by atoms with Gasteiger partial charge in [-0.3, -0.25) is 4.79 Å². The first-order valence-electron chi connectivity index (χ1n) is 9.52. The summed E-state index contributed by atoms with van der Waals surface area (Å²) < 4.78 is 5.78. The van der Waals surface area contributed by atoms with E-state index in [2.05, 4.69) is 5.32 Å². The zero-order valence-corrected chi connectivity index (χ0v) is 16.5. The number of anilines is 1. The molecule has 144 valence electrons. The van der Waals surface area contributed by atoms with Crippen LogP contribution in [0.3, 0.4) is 0 Å². The molecule has 0 atom stereocenters. The summed E-state index contributed by atoms with van der Waals surface area (Å²) in [7, 11) is 0. The maximum Gasteiger partial charge on any atom is 0.279 e. The van der Waals surface area contributed by atoms with Crippen molar-refractivity contribution in [1.29, 1.82) is 0 Å². The van der Waals surface area contributed by atoms with E-state index >= 15 is 0 Å². The molecule has 0 bridgehead atoms. The molecule has 0 unspecified atom stereocenters. The number of carbonyl (C=O) groups excluding carboxylic acids is 1. The maximum atomic E-state index is 12.4. The van der Waals surface area contributed by atoms with Crippen LogP contribution in [0.4, 0.5) is 5.69 Å². The van der Waals surface area contributed by atoms with Crippen LogP contribution in [0.25, 0.3) is 0 Å². The first kappa shape index (κ1) is 19.7. The number of carbonyl (C=O) groups is 1. The SMILES string of the molecule is Cc1c(Cl)cccc1NC(=O)C[NH+]1CC[NH+](CCOc2ccccc2)CC1. The van der Waals surface area contributed by atoms with Crippen LogP contribution in [0.5, 0.6) is 5.75 Å². The topological polar surface area (TPSA) is 47.2 Å². The van der Waals surface area contributed by atoms with Crippen LogP contribution in [0.1, 0.15) is 5.56 Å². The third kappa shape index (κ3) is 5.96. The Morgan fingerprint density at radius 1 is 1.04 bits per heavy atom. The molecule has 1 heterocycles. The van der Waals surface area contributed by atoms with Crippen molar-refractivity contribution in [3.05, 3.63) is 59.1 Å². The molecular formula is C21H28ClN3O2+2. The monoisotopic (exact) mass is 389 g/mol. The molecule has 3 N–H and O–H groups in total. The highest BCUT2D eigenvalue weighted by Gasteiger charge is 2.24. The zero-order chi connectivity index (χ0) is 19.1. The van der Waals surface area contributed by atoms with E-state index in [4.69, 9.17) is 16.3 Å². The summed E-state index contributed by atoms with van der Waals surface area (Å²) in [4.78, 5) is 15.2. The molecule has 0 spiro atoms. The molecule has 0 aromatic heterocycles. The predicted molar refractivity (Wildman–Crippen MR) is 108 cm³/mol. The lowest BCUT2D eigenvalue weighted by Gasteiger charge is -2.29. The third-order valence-corrected chi connectivity index (χ3v) is 5.49. The van der Waals surface area contributed by atoms with E-state index in [0.717, 1.165) is 56.3 Å². The molecule has 2 aromatic rings. The van der Waals surface area contributed by atoms with Gasteiger partial charge in [-0.25, -0.2) is 0 Å². The Kier molecular flexibility index (Phi) is 7.10. The molecule has 1 amide bonds. The van der Waals surface area contributed by atoms with Gasteiger partial charge in [-0.1, -0.05) is 35.9 Å². The Morgan fingerprint density at radius 2 is 1.74 bits per heavy atom. The number of hydrogen-bond donors (Lipinski definition) is 3. The number of nitrogens with one attached hydrogen (secondary N) is 3. The minimum atomic E-state index is 0.0474. The molecule has 0 radical (unpaired) electrons. The molecule has 2 aromatic carbocycles. The van der Waals surface area contributed by atoms with Gasteiger partial charge in [0.2, 0.25) is 0 Å². The van der Waals surface area contributed by atoms with Gasteiger partial charge < -0.3 is 19.9 Å². The van der Waals surface area contributed by atoms with Gasteiger partial charge in [-0.05, 0) is 36.8 Å². The smallest absolute Gasteiger partial charge is 0.279 e. The minimum absolute atomic E-state index is 0.0474. The summed E-state index contributed by atoms with van der Waals surface area (Å²) >= 11 is 6.12. The summed E-state index contributed by atoms with van der Waals surface area (Å²) in [6, 6.07) is 15.5. The fourth-order valence-electron chi connectivity index (χ4n) is 3.38. The Hall–Kier alpha value is -2.08.